The normalized spacial score (nSPS) is 11.2. The van der Waals surface area contributed by atoms with Crippen LogP contribution >= 0.6 is 34.8 Å². The van der Waals surface area contributed by atoms with Crippen LogP contribution < -0.4 is 4.74 Å². The van der Waals surface area contributed by atoms with Gasteiger partial charge in [-0.3, -0.25) is 9.59 Å². The van der Waals surface area contributed by atoms with Gasteiger partial charge in [0.2, 0.25) is 0 Å². The minimum absolute atomic E-state index is 0.0202. The second kappa shape index (κ2) is 9.50. The molecule has 1 aromatic carbocycles. The number of rotatable bonds is 8. The molecule has 24 heavy (non-hydrogen) atoms. The van der Waals surface area contributed by atoms with Crippen molar-refractivity contribution in [3.63, 3.8) is 0 Å². The number of ether oxygens (including phenoxy) is 2. The first-order valence-electron chi connectivity index (χ1n) is 7.86. The molecule has 0 fully saturated rings. The summed E-state index contributed by atoms with van der Waals surface area (Å²) >= 11 is 17.9. The number of hydrogen-bond donors (Lipinski definition) is 0. The molecule has 0 radical (unpaired) electrons. The Labute approximate surface area is 157 Å². The second-order valence-electron chi connectivity index (χ2n) is 5.37. The number of halogens is 3. The lowest BCUT2D eigenvalue weighted by Gasteiger charge is -2.27. The van der Waals surface area contributed by atoms with Crippen LogP contribution in [0.15, 0.2) is 12.1 Å². The van der Waals surface area contributed by atoms with Crippen LogP contribution in [0.4, 0.5) is 0 Å². The van der Waals surface area contributed by atoms with Gasteiger partial charge in [0.25, 0.3) is 0 Å². The lowest BCUT2D eigenvalue weighted by molar-refractivity contribution is -0.168. The summed E-state index contributed by atoms with van der Waals surface area (Å²) in [6.45, 7) is 5.73. The minimum atomic E-state index is -1.38. The molecule has 0 heterocycles. The molecule has 0 bridgehead atoms. The number of benzene rings is 1. The molecular weight excluding hydrogens is 375 g/mol. The van der Waals surface area contributed by atoms with Gasteiger partial charge in [0.1, 0.15) is 5.02 Å². The molecule has 0 amide bonds. The lowest BCUT2D eigenvalue weighted by atomic mass is 9.82. The van der Waals surface area contributed by atoms with Gasteiger partial charge in [0.15, 0.2) is 11.2 Å². The van der Waals surface area contributed by atoms with Gasteiger partial charge in [-0.05, 0) is 25.3 Å². The van der Waals surface area contributed by atoms with Crippen LogP contribution in [0.3, 0.4) is 0 Å². The molecule has 0 aliphatic heterocycles. The monoisotopic (exact) mass is 394 g/mol. The molecular formula is C17H21Cl3O4. The van der Waals surface area contributed by atoms with Crippen molar-refractivity contribution in [3.8, 4) is 5.75 Å². The molecule has 7 heteroatoms. The Morgan fingerprint density at radius 1 is 1.04 bits per heavy atom. The number of carbonyl (C=O) groups excluding carboxylic acids is 2. The Hall–Kier alpha value is -0.970. The number of carbonyl (C=O) groups is 2. The van der Waals surface area contributed by atoms with Gasteiger partial charge in [-0.1, -0.05) is 62.0 Å². The summed E-state index contributed by atoms with van der Waals surface area (Å²) in [4.78, 5) is 25.1. The molecule has 0 spiro atoms. The molecule has 0 N–H and O–H groups in total. The number of esters is 2. The van der Waals surface area contributed by atoms with Crippen molar-refractivity contribution in [2.75, 3.05) is 6.61 Å². The van der Waals surface area contributed by atoms with E-state index >= 15 is 0 Å². The molecule has 0 unspecified atom stereocenters. The summed E-state index contributed by atoms with van der Waals surface area (Å²) in [7, 11) is 0. The Morgan fingerprint density at radius 3 is 2.21 bits per heavy atom. The maximum atomic E-state index is 12.7. The van der Waals surface area contributed by atoms with Crippen molar-refractivity contribution >= 4 is 46.7 Å². The first-order valence-corrected chi connectivity index (χ1v) is 8.99. The average molecular weight is 396 g/mol. The molecule has 0 saturated heterocycles. The van der Waals surface area contributed by atoms with Crippen molar-refractivity contribution < 1.29 is 19.1 Å². The minimum Gasteiger partial charge on any atom is -0.465 e. The van der Waals surface area contributed by atoms with Crippen LogP contribution in [0.25, 0.3) is 0 Å². The fraction of sp³-hybridized carbons (Fsp3) is 0.529. The Balaban J connectivity index is 3.04. The highest BCUT2D eigenvalue weighted by Gasteiger charge is 2.46. The quantitative estimate of drug-likeness (QED) is 0.186. The third-order valence-corrected chi connectivity index (χ3v) is 4.88. The Morgan fingerprint density at radius 2 is 1.67 bits per heavy atom. The third kappa shape index (κ3) is 4.78. The number of hydrogen-bond acceptors (Lipinski definition) is 4. The maximum absolute atomic E-state index is 12.7. The topological polar surface area (TPSA) is 52.6 Å². The zero-order chi connectivity index (χ0) is 18.3. The van der Waals surface area contributed by atoms with E-state index in [0.717, 1.165) is 12.8 Å². The van der Waals surface area contributed by atoms with Crippen LogP contribution in [0.1, 0.15) is 46.5 Å². The summed E-state index contributed by atoms with van der Waals surface area (Å²) in [5.41, 5.74) is -1.38. The molecule has 134 valence electrons. The summed E-state index contributed by atoms with van der Waals surface area (Å²) in [6.07, 6.45) is 2.12. The molecule has 0 aromatic heterocycles. The van der Waals surface area contributed by atoms with Crippen molar-refractivity contribution in [3.05, 3.63) is 27.2 Å². The maximum Gasteiger partial charge on any atom is 0.328 e. The van der Waals surface area contributed by atoms with E-state index in [0.29, 0.717) is 0 Å². The van der Waals surface area contributed by atoms with Gasteiger partial charge in [0.05, 0.1) is 11.6 Å². The first-order chi connectivity index (χ1) is 11.3. The van der Waals surface area contributed by atoms with Gasteiger partial charge in [0, 0.05) is 11.1 Å². The highest BCUT2D eigenvalue weighted by Crippen LogP contribution is 2.38. The Bertz CT molecular complexity index is 598. The van der Waals surface area contributed by atoms with E-state index in [-0.39, 0.29) is 40.3 Å². The fourth-order valence-corrected chi connectivity index (χ4v) is 2.78. The molecule has 0 saturated carbocycles. The molecule has 0 aliphatic carbocycles. The van der Waals surface area contributed by atoms with Crippen LogP contribution in [0, 0.1) is 5.41 Å². The predicted molar refractivity (Wildman–Crippen MR) is 96.0 cm³/mol. The smallest absolute Gasteiger partial charge is 0.328 e. The largest absolute Gasteiger partial charge is 0.465 e. The van der Waals surface area contributed by atoms with E-state index in [2.05, 4.69) is 0 Å². The van der Waals surface area contributed by atoms with E-state index in [9.17, 15) is 9.59 Å². The van der Waals surface area contributed by atoms with E-state index in [1.54, 1.807) is 13.8 Å². The zero-order valence-electron chi connectivity index (χ0n) is 14.0. The molecule has 0 atom stereocenters. The van der Waals surface area contributed by atoms with Gasteiger partial charge < -0.3 is 9.47 Å². The molecule has 1 rings (SSSR count). The van der Waals surface area contributed by atoms with Crippen molar-refractivity contribution in [1.82, 2.24) is 0 Å². The highest BCUT2D eigenvalue weighted by atomic mass is 35.5. The standard InChI is InChI=1S/C17H21Cl3O4/c1-4-7-8-23-15(21)17(5-2,6-3)16(22)24-13-10-11(18)9-12(19)14(13)20/h9-10H,4-8H2,1-3H3. The fourth-order valence-electron chi connectivity index (χ4n) is 2.16. The van der Waals surface area contributed by atoms with E-state index < -0.39 is 17.4 Å². The number of unbranched alkanes of at least 4 members (excludes halogenated alkanes) is 1. The van der Waals surface area contributed by atoms with Crippen LogP contribution in [0.2, 0.25) is 15.1 Å². The van der Waals surface area contributed by atoms with Crippen LogP contribution in [0.5, 0.6) is 5.75 Å². The SMILES string of the molecule is CCCCOC(=O)C(CC)(CC)C(=O)Oc1cc(Cl)cc(Cl)c1Cl. The van der Waals surface area contributed by atoms with Crippen molar-refractivity contribution in [1.29, 1.82) is 0 Å². The average Bonchev–Trinajstić information content (AvgIpc) is 2.54. The highest BCUT2D eigenvalue weighted by molar-refractivity contribution is 6.44. The lowest BCUT2D eigenvalue weighted by Crippen LogP contribution is -2.42. The Kier molecular flexibility index (Phi) is 8.34. The van der Waals surface area contributed by atoms with Gasteiger partial charge in [-0.2, -0.15) is 0 Å². The van der Waals surface area contributed by atoms with E-state index in [1.165, 1.54) is 12.1 Å². The molecule has 1 aromatic rings. The summed E-state index contributed by atoms with van der Waals surface area (Å²) in [5, 5.41) is 0.502. The second-order valence-corrected chi connectivity index (χ2v) is 6.59. The zero-order valence-corrected chi connectivity index (χ0v) is 16.2. The van der Waals surface area contributed by atoms with Crippen LogP contribution in [-0.2, 0) is 14.3 Å². The summed E-state index contributed by atoms with van der Waals surface area (Å²) in [6, 6.07) is 2.82. The van der Waals surface area contributed by atoms with Gasteiger partial charge in [-0.25, -0.2) is 0 Å². The van der Waals surface area contributed by atoms with E-state index in [4.69, 9.17) is 44.3 Å². The van der Waals surface area contributed by atoms with Gasteiger partial charge >= 0.3 is 11.9 Å². The summed E-state index contributed by atoms with van der Waals surface area (Å²) < 4.78 is 10.6. The summed E-state index contributed by atoms with van der Waals surface area (Å²) in [5.74, 6) is -1.30. The van der Waals surface area contributed by atoms with Crippen molar-refractivity contribution in [2.45, 2.75) is 46.5 Å². The third-order valence-electron chi connectivity index (χ3n) is 3.88. The van der Waals surface area contributed by atoms with Crippen LogP contribution in [-0.4, -0.2) is 18.5 Å². The molecule has 4 nitrogen and oxygen atoms in total. The predicted octanol–water partition coefficient (Wildman–Crippen LogP) is 5.70. The van der Waals surface area contributed by atoms with Crippen molar-refractivity contribution in [2.24, 2.45) is 5.41 Å². The molecule has 0 aliphatic rings. The first kappa shape index (κ1) is 21.1. The van der Waals surface area contributed by atoms with E-state index in [1.807, 2.05) is 6.92 Å². The van der Waals surface area contributed by atoms with Gasteiger partial charge in [-0.15, -0.1) is 0 Å².